The Morgan fingerprint density at radius 2 is 1.73 bits per heavy atom. The second kappa shape index (κ2) is 9.92. The molecule has 0 amide bonds. The lowest BCUT2D eigenvalue weighted by atomic mass is 10.1. The van der Waals surface area contributed by atoms with E-state index in [-0.39, 0.29) is 0 Å². The third kappa shape index (κ3) is 5.09. The number of carbonyl (C=O) groups excluding carboxylic acids is 1. The average Bonchev–Trinajstić information content (AvgIpc) is 3.22. The standard InChI is InChI=1S/C26H26N2O4S/c1-4-30-26(29)22-12-28-25(27)23-19(15-33-24(22)23)14-32-21-10-16(2)9-20(11-21)31-13-18-8-6-5-7-17(18)3/h5-12,15H,4,13-14H2,1-3H3,(H2,27,28). The summed E-state index contributed by atoms with van der Waals surface area (Å²) in [5.41, 5.74) is 10.8. The van der Waals surface area contributed by atoms with Gasteiger partial charge in [0.2, 0.25) is 0 Å². The molecule has 7 heteroatoms. The number of nitrogen functional groups attached to an aromatic ring is 1. The van der Waals surface area contributed by atoms with E-state index in [2.05, 4.69) is 24.0 Å². The molecule has 0 unspecified atom stereocenters. The molecular weight excluding hydrogens is 436 g/mol. The largest absolute Gasteiger partial charge is 0.489 e. The first-order valence-electron chi connectivity index (χ1n) is 10.7. The lowest BCUT2D eigenvalue weighted by Crippen LogP contribution is -2.06. The highest BCUT2D eigenvalue weighted by Gasteiger charge is 2.18. The van der Waals surface area contributed by atoms with Crippen molar-refractivity contribution in [3.63, 3.8) is 0 Å². The maximum absolute atomic E-state index is 12.3. The van der Waals surface area contributed by atoms with Crippen molar-refractivity contribution in [2.75, 3.05) is 12.3 Å². The maximum Gasteiger partial charge on any atom is 0.341 e. The van der Waals surface area contributed by atoms with E-state index in [4.69, 9.17) is 19.9 Å². The number of nitrogens with zero attached hydrogens (tertiary/aromatic N) is 1. The van der Waals surface area contributed by atoms with E-state index in [0.29, 0.717) is 37.0 Å². The molecule has 4 aromatic rings. The van der Waals surface area contributed by atoms with Crippen molar-refractivity contribution in [2.24, 2.45) is 0 Å². The van der Waals surface area contributed by atoms with Gasteiger partial charge in [0.25, 0.3) is 0 Å². The molecule has 0 aliphatic heterocycles. The summed E-state index contributed by atoms with van der Waals surface area (Å²) in [5, 5.41) is 2.67. The van der Waals surface area contributed by atoms with Crippen molar-refractivity contribution in [1.29, 1.82) is 0 Å². The number of benzene rings is 2. The zero-order valence-corrected chi connectivity index (χ0v) is 19.7. The SMILES string of the molecule is CCOC(=O)c1cnc(N)c2c(COc3cc(C)cc(OCc4ccccc4C)c3)csc12. The van der Waals surface area contributed by atoms with Gasteiger partial charge in [-0.25, -0.2) is 9.78 Å². The van der Waals surface area contributed by atoms with E-state index in [1.54, 1.807) is 6.92 Å². The van der Waals surface area contributed by atoms with Gasteiger partial charge in [0, 0.05) is 23.2 Å². The quantitative estimate of drug-likeness (QED) is 0.332. The van der Waals surface area contributed by atoms with Gasteiger partial charge in [-0.1, -0.05) is 24.3 Å². The van der Waals surface area contributed by atoms with Crippen LogP contribution in [0.5, 0.6) is 11.5 Å². The summed E-state index contributed by atoms with van der Waals surface area (Å²) in [6.45, 7) is 6.92. The van der Waals surface area contributed by atoms with Gasteiger partial charge in [-0.15, -0.1) is 11.3 Å². The molecule has 0 aliphatic carbocycles. The van der Waals surface area contributed by atoms with Crippen LogP contribution < -0.4 is 15.2 Å². The predicted molar refractivity (Wildman–Crippen MR) is 131 cm³/mol. The molecule has 0 spiro atoms. The first-order valence-corrected chi connectivity index (χ1v) is 11.6. The Labute approximate surface area is 196 Å². The molecular formula is C26H26N2O4S. The predicted octanol–water partition coefficient (Wildman–Crippen LogP) is 5.83. The first kappa shape index (κ1) is 22.6. The number of aromatic nitrogens is 1. The molecule has 170 valence electrons. The summed E-state index contributed by atoms with van der Waals surface area (Å²) in [6.07, 6.45) is 1.47. The van der Waals surface area contributed by atoms with Crippen LogP contribution in [0.1, 0.15) is 39.5 Å². The van der Waals surface area contributed by atoms with Crippen LogP contribution in [-0.4, -0.2) is 17.6 Å². The highest BCUT2D eigenvalue weighted by molar-refractivity contribution is 7.17. The highest BCUT2D eigenvalue weighted by atomic mass is 32.1. The fourth-order valence-corrected chi connectivity index (χ4v) is 4.63. The Morgan fingerprint density at radius 1 is 1.03 bits per heavy atom. The van der Waals surface area contributed by atoms with Crippen LogP contribution in [-0.2, 0) is 18.0 Å². The van der Waals surface area contributed by atoms with E-state index in [9.17, 15) is 4.79 Å². The van der Waals surface area contributed by atoms with Gasteiger partial charge in [0.1, 0.15) is 30.5 Å². The minimum atomic E-state index is -0.404. The average molecular weight is 463 g/mol. The number of hydrogen-bond donors (Lipinski definition) is 1. The third-order valence-electron chi connectivity index (χ3n) is 5.27. The minimum Gasteiger partial charge on any atom is -0.489 e. The van der Waals surface area contributed by atoms with Crippen molar-refractivity contribution >= 4 is 33.2 Å². The normalized spacial score (nSPS) is 10.9. The Bertz CT molecular complexity index is 1300. The molecule has 0 aliphatic rings. The Hall–Kier alpha value is -3.58. The number of carbonyl (C=O) groups is 1. The molecule has 2 aromatic carbocycles. The minimum absolute atomic E-state index is 0.291. The fourth-order valence-electron chi connectivity index (χ4n) is 3.57. The van der Waals surface area contributed by atoms with Gasteiger partial charge in [0.15, 0.2) is 0 Å². The van der Waals surface area contributed by atoms with Gasteiger partial charge in [-0.05, 0) is 55.0 Å². The van der Waals surface area contributed by atoms with E-state index < -0.39 is 5.97 Å². The van der Waals surface area contributed by atoms with E-state index in [1.165, 1.54) is 23.1 Å². The Balaban J connectivity index is 1.52. The Morgan fingerprint density at radius 3 is 2.42 bits per heavy atom. The van der Waals surface area contributed by atoms with Crippen LogP contribution in [0, 0.1) is 13.8 Å². The summed E-state index contributed by atoms with van der Waals surface area (Å²) in [7, 11) is 0. The molecule has 2 heterocycles. The number of anilines is 1. The Kier molecular flexibility index (Phi) is 6.79. The van der Waals surface area contributed by atoms with Gasteiger partial charge < -0.3 is 19.9 Å². The van der Waals surface area contributed by atoms with E-state index in [0.717, 1.165) is 32.5 Å². The molecule has 0 saturated heterocycles. The van der Waals surface area contributed by atoms with Crippen LogP contribution in [0.25, 0.3) is 10.1 Å². The monoisotopic (exact) mass is 462 g/mol. The number of rotatable bonds is 8. The van der Waals surface area contributed by atoms with Crippen LogP contribution in [0.3, 0.4) is 0 Å². The third-order valence-corrected chi connectivity index (χ3v) is 6.33. The van der Waals surface area contributed by atoms with E-state index in [1.807, 2.05) is 42.6 Å². The lowest BCUT2D eigenvalue weighted by molar-refractivity contribution is 0.0528. The van der Waals surface area contributed by atoms with Crippen molar-refractivity contribution in [3.8, 4) is 11.5 Å². The maximum atomic E-state index is 12.3. The zero-order valence-electron chi connectivity index (χ0n) is 18.9. The lowest BCUT2D eigenvalue weighted by Gasteiger charge is -2.12. The molecule has 6 nitrogen and oxygen atoms in total. The number of pyridine rings is 1. The smallest absolute Gasteiger partial charge is 0.341 e. The molecule has 33 heavy (non-hydrogen) atoms. The summed E-state index contributed by atoms with van der Waals surface area (Å²) in [4.78, 5) is 16.5. The van der Waals surface area contributed by atoms with Crippen LogP contribution in [0.15, 0.2) is 54.0 Å². The number of nitrogens with two attached hydrogens (primary N) is 1. The number of fused-ring (bicyclic) bond motifs is 1. The second-order valence-corrected chi connectivity index (χ2v) is 8.61. The van der Waals surface area contributed by atoms with Gasteiger partial charge in [0.05, 0.1) is 16.9 Å². The van der Waals surface area contributed by atoms with Crippen molar-refractivity contribution in [3.05, 3.63) is 81.9 Å². The number of aryl methyl sites for hydroxylation is 2. The summed E-state index contributed by atoms with van der Waals surface area (Å²) in [6, 6.07) is 14.0. The first-order chi connectivity index (χ1) is 16.0. The van der Waals surface area contributed by atoms with Crippen LogP contribution >= 0.6 is 11.3 Å². The summed E-state index contributed by atoms with van der Waals surface area (Å²) >= 11 is 1.43. The number of esters is 1. The van der Waals surface area contributed by atoms with Crippen molar-refractivity contribution in [1.82, 2.24) is 4.98 Å². The second-order valence-electron chi connectivity index (χ2n) is 7.73. The number of ether oxygens (including phenoxy) is 3. The van der Waals surface area contributed by atoms with Crippen molar-refractivity contribution in [2.45, 2.75) is 34.0 Å². The van der Waals surface area contributed by atoms with E-state index >= 15 is 0 Å². The molecule has 0 atom stereocenters. The summed E-state index contributed by atoms with van der Waals surface area (Å²) < 4.78 is 18.0. The molecule has 0 fully saturated rings. The van der Waals surface area contributed by atoms with Crippen molar-refractivity contribution < 1.29 is 19.0 Å². The van der Waals surface area contributed by atoms with Crippen LogP contribution in [0.4, 0.5) is 5.82 Å². The molecule has 4 rings (SSSR count). The van der Waals surface area contributed by atoms with Crippen LogP contribution in [0.2, 0.25) is 0 Å². The zero-order chi connectivity index (χ0) is 23.4. The topological polar surface area (TPSA) is 83.7 Å². The molecule has 0 saturated carbocycles. The molecule has 0 radical (unpaired) electrons. The van der Waals surface area contributed by atoms with Gasteiger partial charge in [-0.3, -0.25) is 0 Å². The van der Waals surface area contributed by atoms with Gasteiger partial charge >= 0.3 is 5.97 Å². The molecule has 2 aromatic heterocycles. The van der Waals surface area contributed by atoms with Gasteiger partial charge in [-0.2, -0.15) is 0 Å². The summed E-state index contributed by atoms with van der Waals surface area (Å²) in [5.74, 6) is 1.40. The molecule has 2 N–H and O–H groups in total. The molecule has 0 bridgehead atoms. The highest BCUT2D eigenvalue weighted by Crippen LogP contribution is 2.34. The number of thiophene rings is 1. The number of hydrogen-bond acceptors (Lipinski definition) is 7. The fraction of sp³-hybridized carbons (Fsp3) is 0.231.